The van der Waals surface area contributed by atoms with Crippen molar-refractivity contribution in [1.29, 1.82) is 0 Å². The Morgan fingerprint density at radius 1 is 0.829 bits per heavy atom. The van der Waals surface area contributed by atoms with Crippen LogP contribution in [-0.2, 0) is 13.1 Å². The summed E-state index contributed by atoms with van der Waals surface area (Å²) in [4.78, 5) is 20.9. The van der Waals surface area contributed by atoms with E-state index in [4.69, 9.17) is 4.74 Å². The zero-order valence-corrected chi connectivity index (χ0v) is 19.0. The van der Waals surface area contributed by atoms with Crippen LogP contribution in [0.5, 0.6) is 11.5 Å². The van der Waals surface area contributed by atoms with Gasteiger partial charge in [-0.15, -0.1) is 0 Å². The fourth-order valence-corrected chi connectivity index (χ4v) is 3.83. The summed E-state index contributed by atoms with van der Waals surface area (Å²) in [5.74, 6) is 1.16. The largest absolute Gasteiger partial charge is 0.456 e. The number of hydrogen-bond acceptors (Lipinski definition) is 4. The number of nitrogens with one attached hydrogen (secondary N) is 1. The molecule has 0 aliphatic carbocycles. The quantitative estimate of drug-likeness (QED) is 0.322. The van der Waals surface area contributed by atoms with Crippen LogP contribution in [-0.4, -0.2) is 20.4 Å². The van der Waals surface area contributed by atoms with Gasteiger partial charge in [0.25, 0.3) is 5.91 Å². The van der Waals surface area contributed by atoms with Gasteiger partial charge in [-0.3, -0.25) is 9.78 Å². The summed E-state index contributed by atoms with van der Waals surface area (Å²) in [6.45, 7) is 1.21. The van der Waals surface area contributed by atoms with Gasteiger partial charge in [0.15, 0.2) is 0 Å². The molecule has 0 spiro atoms. The van der Waals surface area contributed by atoms with Crippen LogP contribution >= 0.6 is 0 Å². The molecule has 6 nitrogen and oxygen atoms in total. The fourth-order valence-electron chi connectivity index (χ4n) is 3.83. The molecule has 0 aliphatic rings. The van der Waals surface area contributed by atoms with Crippen molar-refractivity contribution in [1.82, 2.24) is 19.9 Å². The lowest BCUT2D eigenvalue weighted by atomic mass is 9.98. The second kappa shape index (κ2) is 10.5. The minimum Gasteiger partial charge on any atom is -0.456 e. The summed E-state index contributed by atoms with van der Waals surface area (Å²) in [5.41, 5.74) is 5.04. The highest BCUT2D eigenvalue weighted by atomic mass is 16.5. The molecule has 3 aromatic carbocycles. The van der Waals surface area contributed by atoms with E-state index in [0.717, 1.165) is 23.2 Å². The summed E-state index contributed by atoms with van der Waals surface area (Å²) in [5, 5.41) is 3.04. The third kappa shape index (κ3) is 5.62. The molecule has 0 saturated carbocycles. The van der Waals surface area contributed by atoms with Crippen LogP contribution in [0, 0.1) is 0 Å². The zero-order chi connectivity index (χ0) is 23.9. The lowest BCUT2D eigenvalue weighted by Crippen LogP contribution is -2.23. The average Bonchev–Trinajstić information content (AvgIpc) is 3.42. The van der Waals surface area contributed by atoms with Crippen LogP contribution in [0.2, 0.25) is 0 Å². The van der Waals surface area contributed by atoms with E-state index in [1.54, 1.807) is 42.9 Å². The minimum absolute atomic E-state index is 0.136. The maximum absolute atomic E-state index is 12.8. The Bertz CT molecular complexity index is 1380. The van der Waals surface area contributed by atoms with Gasteiger partial charge in [0.2, 0.25) is 0 Å². The number of rotatable bonds is 8. The Morgan fingerprint density at radius 3 is 2.40 bits per heavy atom. The Hall–Kier alpha value is -4.71. The normalized spacial score (nSPS) is 10.6. The van der Waals surface area contributed by atoms with Gasteiger partial charge in [0, 0.05) is 37.2 Å². The first-order valence-corrected chi connectivity index (χ1v) is 11.3. The summed E-state index contributed by atoms with van der Waals surface area (Å²) in [6.07, 6.45) is 8.88. The van der Waals surface area contributed by atoms with E-state index in [1.165, 1.54) is 5.56 Å². The van der Waals surface area contributed by atoms with Gasteiger partial charge in [-0.1, -0.05) is 48.5 Å². The van der Waals surface area contributed by atoms with Gasteiger partial charge in [-0.25, -0.2) is 4.98 Å². The number of carbonyl (C=O) groups is 1. The second-order valence-electron chi connectivity index (χ2n) is 8.09. The van der Waals surface area contributed by atoms with Crippen molar-refractivity contribution in [3.05, 3.63) is 133 Å². The van der Waals surface area contributed by atoms with Crippen molar-refractivity contribution in [3.63, 3.8) is 0 Å². The fraction of sp³-hybridized carbons (Fsp3) is 0.0690. The van der Waals surface area contributed by atoms with E-state index in [-0.39, 0.29) is 5.91 Å². The van der Waals surface area contributed by atoms with Gasteiger partial charge < -0.3 is 14.6 Å². The molecule has 1 amide bonds. The smallest absolute Gasteiger partial charge is 0.251 e. The van der Waals surface area contributed by atoms with Gasteiger partial charge in [0.1, 0.15) is 11.5 Å². The predicted octanol–water partition coefficient (Wildman–Crippen LogP) is 5.72. The molecule has 172 valence electrons. The highest BCUT2D eigenvalue weighted by Gasteiger charge is 2.09. The molecule has 0 atom stereocenters. The van der Waals surface area contributed by atoms with Gasteiger partial charge in [0.05, 0.1) is 12.5 Å². The molecule has 0 aliphatic heterocycles. The number of ether oxygens (including phenoxy) is 1. The average molecular weight is 461 g/mol. The molecular weight excluding hydrogens is 436 g/mol. The predicted molar refractivity (Wildman–Crippen MR) is 135 cm³/mol. The molecule has 0 fully saturated rings. The van der Waals surface area contributed by atoms with E-state index in [2.05, 4.69) is 45.6 Å². The van der Waals surface area contributed by atoms with Crippen molar-refractivity contribution >= 4 is 5.91 Å². The highest BCUT2D eigenvalue weighted by molar-refractivity contribution is 5.94. The van der Waals surface area contributed by atoms with Gasteiger partial charge in [-0.2, -0.15) is 0 Å². The lowest BCUT2D eigenvalue weighted by molar-refractivity contribution is 0.0951. The molecule has 0 unspecified atom stereocenters. The second-order valence-corrected chi connectivity index (χ2v) is 8.09. The standard InChI is InChI=1S/C29H24N4O2/c34-29(24-11-13-26(14-12-24)35-27-5-3-15-30-19-27)32-18-25-4-1-2-6-28(25)23-9-7-22(8-10-23)20-33-17-16-31-21-33/h1-17,19,21H,18,20H2,(H,32,34). The molecule has 2 aromatic heterocycles. The van der Waals surface area contributed by atoms with Crippen molar-refractivity contribution in [2.45, 2.75) is 13.1 Å². The van der Waals surface area contributed by atoms with E-state index in [0.29, 0.717) is 23.6 Å². The number of carbonyl (C=O) groups excluding carboxylic acids is 1. The molecule has 0 saturated heterocycles. The number of imidazole rings is 1. The van der Waals surface area contributed by atoms with Crippen LogP contribution in [0.4, 0.5) is 0 Å². The Labute approximate surface area is 203 Å². The number of nitrogens with zero attached hydrogens (tertiary/aromatic N) is 3. The minimum atomic E-state index is -0.136. The first kappa shape index (κ1) is 22.1. The summed E-state index contributed by atoms with van der Waals surface area (Å²) < 4.78 is 7.78. The topological polar surface area (TPSA) is 69.0 Å². The number of pyridine rings is 1. The molecule has 1 N–H and O–H groups in total. The van der Waals surface area contributed by atoms with E-state index >= 15 is 0 Å². The third-order valence-electron chi connectivity index (χ3n) is 5.63. The van der Waals surface area contributed by atoms with Crippen molar-refractivity contribution in [2.75, 3.05) is 0 Å². The molecule has 0 bridgehead atoms. The molecule has 5 rings (SSSR count). The van der Waals surface area contributed by atoms with E-state index < -0.39 is 0 Å². The van der Waals surface area contributed by atoms with Crippen LogP contribution < -0.4 is 10.1 Å². The maximum atomic E-state index is 12.8. The first-order chi connectivity index (χ1) is 17.2. The summed E-state index contributed by atoms with van der Waals surface area (Å²) in [6, 6.07) is 27.3. The zero-order valence-electron chi connectivity index (χ0n) is 19.0. The summed E-state index contributed by atoms with van der Waals surface area (Å²) in [7, 11) is 0. The van der Waals surface area contributed by atoms with E-state index in [9.17, 15) is 4.79 Å². The number of benzene rings is 3. The first-order valence-electron chi connectivity index (χ1n) is 11.3. The Kier molecular flexibility index (Phi) is 6.62. The van der Waals surface area contributed by atoms with Gasteiger partial charge >= 0.3 is 0 Å². The monoisotopic (exact) mass is 460 g/mol. The lowest BCUT2D eigenvalue weighted by Gasteiger charge is -2.12. The number of amides is 1. The SMILES string of the molecule is O=C(NCc1ccccc1-c1ccc(Cn2ccnc2)cc1)c1ccc(Oc2cccnc2)cc1. The van der Waals surface area contributed by atoms with Crippen molar-refractivity contribution in [3.8, 4) is 22.6 Å². The number of aromatic nitrogens is 3. The molecule has 0 radical (unpaired) electrons. The van der Waals surface area contributed by atoms with Crippen LogP contribution in [0.3, 0.4) is 0 Å². The molecule has 5 aromatic rings. The third-order valence-corrected chi connectivity index (χ3v) is 5.63. The highest BCUT2D eigenvalue weighted by Crippen LogP contribution is 2.25. The molecule has 6 heteroatoms. The van der Waals surface area contributed by atoms with Crippen LogP contribution in [0.25, 0.3) is 11.1 Å². The van der Waals surface area contributed by atoms with Crippen molar-refractivity contribution < 1.29 is 9.53 Å². The van der Waals surface area contributed by atoms with E-state index in [1.807, 2.05) is 47.4 Å². The van der Waals surface area contributed by atoms with Crippen molar-refractivity contribution in [2.24, 2.45) is 0 Å². The van der Waals surface area contributed by atoms with Crippen LogP contribution in [0.1, 0.15) is 21.5 Å². The Morgan fingerprint density at radius 2 is 1.66 bits per heavy atom. The van der Waals surface area contributed by atoms with Gasteiger partial charge in [-0.05, 0) is 58.7 Å². The Balaban J connectivity index is 1.23. The summed E-state index contributed by atoms with van der Waals surface area (Å²) >= 11 is 0. The molecule has 35 heavy (non-hydrogen) atoms. The number of hydrogen-bond donors (Lipinski definition) is 1. The molecule has 2 heterocycles. The molecular formula is C29H24N4O2. The van der Waals surface area contributed by atoms with Crippen LogP contribution in [0.15, 0.2) is 116 Å². The maximum Gasteiger partial charge on any atom is 0.251 e.